The van der Waals surface area contributed by atoms with E-state index in [4.69, 9.17) is 9.15 Å². The van der Waals surface area contributed by atoms with Gasteiger partial charge in [-0.15, -0.1) is 0 Å². The summed E-state index contributed by atoms with van der Waals surface area (Å²) < 4.78 is 14.7. The first kappa shape index (κ1) is 17.5. The Morgan fingerprint density at radius 3 is 2.29 bits per heavy atom. The van der Waals surface area contributed by atoms with E-state index in [-0.39, 0.29) is 30.4 Å². The van der Waals surface area contributed by atoms with E-state index in [0.717, 1.165) is 5.56 Å². The lowest BCUT2D eigenvalue weighted by molar-refractivity contribution is -0.118. The molecule has 0 atom stereocenters. The van der Waals surface area contributed by atoms with Crippen molar-refractivity contribution in [3.63, 3.8) is 0 Å². The molecule has 0 unspecified atom stereocenters. The number of hydrogen-bond acceptors (Lipinski definition) is 6. The predicted molar refractivity (Wildman–Crippen MR) is 84.9 cm³/mol. The molecular formula is C18H18O6. The SMILES string of the molecule is CCOC(=O)c1ccc(CC(=O)Cc2ccc(C(=O)OC)o2)cc1. The van der Waals surface area contributed by atoms with Crippen molar-refractivity contribution >= 4 is 17.7 Å². The summed E-state index contributed by atoms with van der Waals surface area (Å²) in [6.07, 6.45) is 0.286. The van der Waals surface area contributed by atoms with Crippen molar-refractivity contribution in [1.29, 1.82) is 0 Å². The fourth-order valence-corrected chi connectivity index (χ4v) is 2.14. The lowest BCUT2D eigenvalue weighted by Gasteiger charge is -2.03. The maximum atomic E-state index is 12.1. The molecule has 0 fully saturated rings. The number of rotatable bonds is 7. The molecular weight excluding hydrogens is 312 g/mol. The molecule has 126 valence electrons. The van der Waals surface area contributed by atoms with Gasteiger partial charge in [-0.1, -0.05) is 12.1 Å². The van der Waals surface area contributed by atoms with E-state index in [0.29, 0.717) is 17.9 Å². The summed E-state index contributed by atoms with van der Waals surface area (Å²) in [6.45, 7) is 2.06. The van der Waals surface area contributed by atoms with E-state index in [9.17, 15) is 14.4 Å². The second-order valence-corrected chi connectivity index (χ2v) is 5.07. The molecule has 0 aliphatic heterocycles. The summed E-state index contributed by atoms with van der Waals surface area (Å²) in [5.41, 5.74) is 1.23. The van der Waals surface area contributed by atoms with Crippen LogP contribution in [0.5, 0.6) is 0 Å². The van der Waals surface area contributed by atoms with Crippen molar-refractivity contribution in [3.05, 3.63) is 59.0 Å². The zero-order chi connectivity index (χ0) is 17.5. The molecule has 6 nitrogen and oxygen atoms in total. The van der Waals surface area contributed by atoms with Gasteiger partial charge >= 0.3 is 11.9 Å². The van der Waals surface area contributed by atoms with Gasteiger partial charge in [-0.2, -0.15) is 0 Å². The zero-order valence-electron chi connectivity index (χ0n) is 13.5. The van der Waals surface area contributed by atoms with Gasteiger partial charge in [-0.3, -0.25) is 4.79 Å². The fourth-order valence-electron chi connectivity index (χ4n) is 2.14. The number of methoxy groups -OCH3 is 1. The Morgan fingerprint density at radius 1 is 0.958 bits per heavy atom. The molecule has 0 N–H and O–H groups in total. The Labute approximate surface area is 139 Å². The summed E-state index contributed by atoms with van der Waals surface area (Å²) >= 11 is 0. The molecule has 24 heavy (non-hydrogen) atoms. The monoisotopic (exact) mass is 330 g/mol. The third-order valence-corrected chi connectivity index (χ3v) is 3.29. The van der Waals surface area contributed by atoms with Crippen molar-refractivity contribution < 1.29 is 28.3 Å². The highest BCUT2D eigenvalue weighted by Gasteiger charge is 2.14. The van der Waals surface area contributed by atoms with Crippen LogP contribution in [0, 0.1) is 0 Å². The molecule has 0 bridgehead atoms. The maximum Gasteiger partial charge on any atom is 0.373 e. The van der Waals surface area contributed by atoms with E-state index >= 15 is 0 Å². The Bertz CT molecular complexity index is 726. The van der Waals surface area contributed by atoms with Gasteiger partial charge in [-0.05, 0) is 36.8 Å². The molecule has 0 saturated carbocycles. The quantitative estimate of drug-likeness (QED) is 0.726. The molecule has 0 radical (unpaired) electrons. The molecule has 0 aliphatic rings. The van der Waals surface area contributed by atoms with Crippen LogP contribution in [-0.2, 0) is 27.1 Å². The summed E-state index contributed by atoms with van der Waals surface area (Å²) in [4.78, 5) is 34.9. The Morgan fingerprint density at radius 2 is 1.67 bits per heavy atom. The number of ether oxygens (including phenoxy) is 2. The van der Waals surface area contributed by atoms with Crippen LogP contribution in [0.2, 0.25) is 0 Å². The molecule has 1 aromatic carbocycles. The second-order valence-electron chi connectivity index (χ2n) is 5.07. The molecule has 2 rings (SSSR count). The first-order valence-electron chi connectivity index (χ1n) is 7.48. The van der Waals surface area contributed by atoms with Gasteiger partial charge in [0.05, 0.1) is 25.7 Å². The highest BCUT2D eigenvalue weighted by molar-refractivity contribution is 5.90. The summed E-state index contributed by atoms with van der Waals surface area (Å²) in [5.74, 6) is -0.558. The second kappa shape index (κ2) is 8.10. The molecule has 1 heterocycles. The topological polar surface area (TPSA) is 82.8 Å². The first-order valence-corrected chi connectivity index (χ1v) is 7.48. The normalized spacial score (nSPS) is 10.2. The van der Waals surface area contributed by atoms with E-state index in [1.165, 1.54) is 13.2 Å². The van der Waals surface area contributed by atoms with Gasteiger partial charge in [0.25, 0.3) is 0 Å². The molecule has 0 aliphatic carbocycles. The number of carbonyl (C=O) groups is 3. The summed E-state index contributed by atoms with van der Waals surface area (Å²) in [5, 5.41) is 0. The van der Waals surface area contributed by atoms with E-state index in [1.807, 2.05) is 0 Å². The zero-order valence-corrected chi connectivity index (χ0v) is 13.5. The van der Waals surface area contributed by atoms with Crippen molar-refractivity contribution in [2.45, 2.75) is 19.8 Å². The fraction of sp³-hybridized carbons (Fsp3) is 0.278. The van der Waals surface area contributed by atoms with Gasteiger partial charge in [-0.25, -0.2) is 9.59 Å². The van der Waals surface area contributed by atoms with Crippen molar-refractivity contribution in [1.82, 2.24) is 0 Å². The minimum Gasteiger partial charge on any atom is -0.463 e. The number of carbonyl (C=O) groups excluding carboxylic acids is 3. The van der Waals surface area contributed by atoms with Gasteiger partial charge < -0.3 is 13.9 Å². The molecule has 6 heteroatoms. The van der Waals surface area contributed by atoms with Gasteiger partial charge in [0.2, 0.25) is 5.76 Å². The van der Waals surface area contributed by atoms with Crippen molar-refractivity contribution in [2.24, 2.45) is 0 Å². The van der Waals surface area contributed by atoms with Crippen LogP contribution in [0.1, 0.15) is 39.2 Å². The van der Waals surface area contributed by atoms with Gasteiger partial charge in [0, 0.05) is 6.42 Å². The number of esters is 2. The van der Waals surface area contributed by atoms with Crippen LogP contribution in [-0.4, -0.2) is 31.4 Å². The van der Waals surface area contributed by atoms with Crippen LogP contribution in [0.15, 0.2) is 40.8 Å². The number of ketones is 1. The standard InChI is InChI=1S/C18H18O6/c1-3-23-17(20)13-6-4-12(5-7-13)10-14(19)11-15-8-9-16(24-15)18(21)22-2/h4-9H,3,10-11H2,1-2H3. The lowest BCUT2D eigenvalue weighted by Crippen LogP contribution is -2.07. The molecule has 0 amide bonds. The number of benzene rings is 1. The minimum absolute atomic E-state index is 0.0651. The number of furan rings is 1. The van der Waals surface area contributed by atoms with Crippen molar-refractivity contribution in [3.8, 4) is 0 Å². The molecule has 2 aromatic rings. The summed E-state index contributed by atoms with van der Waals surface area (Å²) in [7, 11) is 1.26. The lowest BCUT2D eigenvalue weighted by atomic mass is 10.0. The molecule has 0 spiro atoms. The van der Waals surface area contributed by atoms with Gasteiger partial charge in [0.15, 0.2) is 0 Å². The van der Waals surface area contributed by atoms with E-state index < -0.39 is 5.97 Å². The number of hydrogen-bond donors (Lipinski definition) is 0. The average Bonchev–Trinajstić information content (AvgIpc) is 3.03. The van der Waals surface area contributed by atoms with Crippen LogP contribution < -0.4 is 0 Å². The van der Waals surface area contributed by atoms with Crippen LogP contribution >= 0.6 is 0 Å². The van der Waals surface area contributed by atoms with Crippen LogP contribution in [0.25, 0.3) is 0 Å². The van der Waals surface area contributed by atoms with Crippen LogP contribution in [0.3, 0.4) is 0 Å². The smallest absolute Gasteiger partial charge is 0.373 e. The predicted octanol–water partition coefficient (Wildman–Crippen LogP) is 2.60. The van der Waals surface area contributed by atoms with Crippen molar-refractivity contribution in [2.75, 3.05) is 13.7 Å². The Kier molecular flexibility index (Phi) is 5.89. The molecule has 0 saturated heterocycles. The third kappa shape index (κ3) is 4.55. The minimum atomic E-state index is -0.580. The Balaban J connectivity index is 1.93. The van der Waals surface area contributed by atoms with Crippen LogP contribution in [0.4, 0.5) is 0 Å². The number of Topliss-reactive ketones (excluding diaryl/α,β-unsaturated/α-hetero) is 1. The maximum absolute atomic E-state index is 12.1. The summed E-state index contributed by atoms with van der Waals surface area (Å²) in [6, 6.07) is 9.74. The Hall–Kier alpha value is -2.89. The van der Waals surface area contributed by atoms with E-state index in [2.05, 4.69) is 4.74 Å². The largest absolute Gasteiger partial charge is 0.463 e. The third-order valence-electron chi connectivity index (χ3n) is 3.29. The first-order chi connectivity index (χ1) is 11.5. The average molecular weight is 330 g/mol. The highest BCUT2D eigenvalue weighted by Crippen LogP contribution is 2.12. The van der Waals surface area contributed by atoms with Gasteiger partial charge in [0.1, 0.15) is 11.5 Å². The van der Waals surface area contributed by atoms with E-state index in [1.54, 1.807) is 37.3 Å². The highest BCUT2D eigenvalue weighted by atomic mass is 16.5. The molecule has 1 aromatic heterocycles.